The van der Waals surface area contributed by atoms with Crippen molar-refractivity contribution in [3.05, 3.63) is 39.1 Å². The van der Waals surface area contributed by atoms with Crippen molar-refractivity contribution in [2.24, 2.45) is 18.2 Å². The lowest BCUT2D eigenvalue weighted by Crippen LogP contribution is -2.44. The normalized spacial score (nSPS) is 16.4. The van der Waals surface area contributed by atoms with Gasteiger partial charge < -0.3 is 15.4 Å². The molecule has 0 spiro atoms. The van der Waals surface area contributed by atoms with Gasteiger partial charge in [-0.2, -0.15) is 10.1 Å². The van der Waals surface area contributed by atoms with E-state index < -0.39 is 0 Å². The number of rotatable bonds is 4. The van der Waals surface area contributed by atoms with Gasteiger partial charge in [-0.25, -0.2) is 5.10 Å². The number of aryl methyl sites for hydroxylation is 1. The van der Waals surface area contributed by atoms with Gasteiger partial charge in [0.2, 0.25) is 11.8 Å². The highest BCUT2D eigenvalue weighted by molar-refractivity contribution is 6.32. The smallest absolute Gasteiger partial charge is 0.269 e. The van der Waals surface area contributed by atoms with Crippen LogP contribution in [0.4, 0.5) is 5.95 Å². The lowest BCUT2D eigenvalue weighted by Gasteiger charge is -2.39. The Morgan fingerprint density at radius 1 is 1.34 bits per heavy atom. The van der Waals surface area contributed by atoms with E-state index in [4.69, 9.17) is 22.1 Å². The molecule has 0 aliphatic carbocycles. The van der Waals surface area contributed by atoms with Gasteiger partial charge in [-0.15, -0.1) is 0 Å². The fourth-order valence-electron chi connectivity index (χ4n) is 3.64. The third-order valence-corrected chi connectivity index (χ3v) is 6.34. The molecule has 0 saturated carbocycles. The Hall–Kier alpha value is -2.58. The summed E-state index contributed by atoms with van der Waals surface area (Å²) in [4.78, 5) is 19.9. The maximum atomic E-state index is 13.1. The van der Waals surface area contributed by atoms with Gasteiger partial charge in [0.25, 0.3) is 5.56 Å². The summed E-state index contributed by atoms with van der Waals surface area (Å²) >= 11 is 6.32. The number of nitrogens with one attached hydrogen (secondary N) is 1. The van der Waals surface area contributed by atoms with E-state index in [1.54, 1.807) is 17.7 Å². The Morgan fingerprint density at radius 2 is 2.07 bits per heavy atom. The van der Waals surface area contributed by atoms with Gasteiger partial charge in [-0.3, -0.25) is 9.36 Å². The number of anilines is 1. The molecule has 0 radical (unpaired) electrons. The molecule has 3 aromatic rings. The number of H-pyrrole nitrogens is 1. The SMILES string of the molecule is Cc1cccc(Oc2[nH]nc3nc(N4CCC(C)(CN)CC4)n(C)c(=O)c23)c1Cl. The number of aromatic nitrogens is 4. The van der Waals surface area contributed by atoms with E-state index in [-0.39, 0.29) is 16.9 Å². The van der Waals surface area contributed by atoms with Crippen molar-refractivity contribution in [3.8, 4) is 11.6 Å². The van der Waals surface area contributed by atoms with Gasteiger partial charge in [0.05, 0.1) is 5.02 Å². The molecule has 1 aromatic carbocycles. The van der Waals surface area contributed by atoms with Gasteiger partial charge in [-0.05, 0) is 43.4 Å². The largest absolute Gasteiger partial charge is 0.437 e. The van der Waals surface area contributed by atoms with Gasteiger partial charge in [0.1, 0.15) is 11.1 Å². The third kappa shape index (κ3) is 3.47. The quantitative estimate of drug-likeness (QED) is 0.677. The van der Waals surface area contributed by atoms with Crippen LogP contribution in [0.5, 0.6) is 11.6 Å². The molecule has 0 unspecified atom stereocenters. The molecule has 0 amide bonds. The zero-order valence-electron chi connectivity index (χ0n) is 16.8. The molecule has 3 heterocycles. The molecule has 1 saturated heterocycles. The van der Waals surface area contributed by atoms with E-state index in [1.807, 2.05) is 19.1 Å². The first-order chi connectivity index (χ1) is 13.8. The van der Waals surface area contributed by atoms with Crippen molar-refractivity contribution in [1.82, 2.24) is 19.7 Å². The lowest BCUT2D eigenvalue weighted by atomic mass is 9.81. The summed E-state index contributed by atoms with van der Waals surface area (Å²) in [6, 6.07) is 5.48. The Bertz CT molecular complexity index is 1110. The second-order valence-electron chi connectivity index (χ2n) is 8.02. The van der Waals surface area contributed by atoms with Crippen LogP contribution in [0, 0.1) is 12.3 Å². The summed E-state index contributed by atoms with van der Waals surface area (Å²) in [6.07, 6.45) is 1.91. The first kappa shape index (κ1) is 19.7. The second kappa shape index (κ2) is 7.35. The predicted molar refractivity (Wildman–Crippen MR) is 114 cm³/mol. The molecule has 9 heteroatoms. The molecule has 8 nitrogen and oxygen atoms in total. The van der Waals surface area contributed by atoms with E-state index in [9.17, 15) is 4.79 Å². The first-order valence-electron chi connectivity index (χ1n) is 9.66. The summed E-state index contributed by atoms with van der Waals surface area (Å²) < 4.78 is 7.42. The number of benzene rings is 1. The number of fused-ring (bicyclic) bond motifs is 1. The minimum atomic E-state index is -0.218. The number of aromatic amines is 1. The monoisotopic (exact) mass is 416 g/mol. The molecule has 4 rings (SSSR count). The van der Waals surface area contributed by atoms with E-state index in [1.165, 1.54) is 0 Å². The third-order valence-electron chi connectivity index (χ3n) is 5.85. The van der Waals surface area contributed by atoms with Gasteiger partial charge in [-0.1, -0.05) is 30.7 Å². The van der Waals surface area contributed by atoms with E-state index >= 15 is 0 Å². The van der Waals surface area contributed by atoms with Crippen molar-refractivity contribution in [1.29, 1.82) is 0 Å². The van der Waals surface area contributed by atoms with Crippen molar-refractivity contribution >= 4 is 28.6 Å². The molecule has 3 N–H and O–H groups in total. The highest BCUT2D eigenvalue weighted by atomic mass is 35.5. The Labute approximate surface area is 173 Å². The van der Waals surface area contributed by atoms with Crippen LogP contribution >= 0.6 is 11.6 Å². The fraction of sp³-hybridized carbons (Fsp3) is 0.450. The summed E-state index contributed by atoms with van der Waals surface area (Å²) in [6.45, 7) is 6.35. The number of halogens is 1. The number of nitrogens with zero attached hydrogens (tertiary/aromatic N) is 4. The van der Waals surface area contributed by atoms with Crippen molar-refractivity contribution in [3.63, 3.8) is 0 Å². The zero-order valence-corrected chi connectivity index (χ0v) is 17.6. The number of hydrogen-bond donors (Lipinski definition) is 2. The van der Waals surface area contributed by atoms with Crippen molar-refractivity contribution in [2.45, 2.75) is 26.7 Å². The zero-order chi connectivity index (χ0) is 20.8. The molecule has 1 aliphatic rings. The van der Waals surface area contributed by atoms with Crippen molar-refractivity contribution < 1.29 is 4.74 Å². The summed E-state index contributed by atoms with van der Waals surface area (Å²) in [5.74, 6) is 1.30. The van der Waals surface area contributed by atoms with E-state index in [0.717, 1.165) is 31.5 Å². The van der Waals surface area contributed by atoms with Crippen LogP contribution in [0.15, 0.2) is 23.0 Å². The summed E-state index contributed by atoms with van der Waals surface area (Å²) in [7, 11) is 1.72. The van der Waals surface area contributed by atoms with E-state index in [0.29, 0.717) is 34.3 Å². The molecule has 0 atom stereocenters. The Balaban J connectivity index is 1.69. The Kier molecular flexibility index (Phi) is 5.00. The predicted octanol–water partition coefficient (Wildman–Crippen LogP) is 2.98. The standard InChI is InChI=1S/C20H25ClN6O2/c1-12-5-4-6-13(15(12)21)29-17-14-16(24-25-17)23-19(26(3)18(14)28)27-9-7-20(2,11-22)8-10-27/h4-6H,7-11,22H2,1-3H3,(H,24,25). The van der Waals surface area contributed by atoms with Crippen LogP contribution < -0.4 is 20.9 Å². The molecule has 29 heavy (non-hydrogen) atoms. The molecular formula is C20H25ClN6O2. The van der Waals surface area contributed by atoms with Crippen LogP contribution in [-0.2, 0) is 7.05 Å². The molecule has 154 valence electrons. The van der Waals surface area contributed by atoms with Crippen LogP contribution in [0.2, 0.25) is 5.02 Å². The molecule has 0 bridgehead atoms. The average molecular weight is 417 g/mol. The number of hydrogen-bond acceptors (Lipinski definition) is 6. The van der Waals surface area contributed by atoms with E-state index in [2.05, 4.69) is 27.0 Å². The summed E-state index contributed by atoms with van der Waals surface area (Å²) in [5.41, 5.74) is 7.04. The van der Waals surface area contributed by atoms with Crippen LogP contribution in [-0.4, -0.2) is 39.4 Å². The van der Waals surface area contributed by atoms with Crippen molar-refractivity contribution in [2.75, 3.05) is 24.5 Å². The van der Waals surface area contributed by atoms with Crippen LogP contribution in [0.25, 0.3) is 11.0 Å². The van der Waals surface area contributed by atoms with Gasteiger partial charge in [0.15, 0.2) is 5.65 Å². The molecule has 1 fully saturated rings. The second-order valence-corrected chi connectivity index (χ2v) is 8.40. The maximum Gasteiger partial charge on any atom is 0.269 e. The molecular weight excluding hydrogens is 392 g/mol. The molecule has 2 aromatic heterocycles. The number of piperidine rings is 1. The van der Waals surface area contributed by atoms with Gasteiger partial charge >= 0.3 is 0 Å². The average Bonchev–Trinajstić information content (AvgIpc) is 3.12. The number of ether oxygens (including phenoxy) is 1. The minimum absolute atomic E-state index is 0.139. The highest BCUT2D eigenvalue weighted by Gasteiger charge is 2.31. The molecule has 1 aliphatic heterocycles. The lowest BCUT2D eigenvalue weighted by molar-refractivity contribution is 0.256. The van der Waals surface area contributed by atoms with Crippen LogP contribution in [0.1, 0.15) is 25.3 Å². The first-order valence-corrected chi connectivity index (χ1v) is 10.0. The Morgan fingerprint density at radius 3 is 2.76 bits per heavy atom. The topological polar surface area (TPSA) is 102 Å². The fourth-order valence-corrected chi connectivity index (χ4v) is 3.80. The minimum Gasteiger partial charge on any atom is -0.437 e. The van der Waals surface area contributed by atoms with Crippen LogP contribution in [0.3, 0.4) is 0 Å². The highest BCUT2D eigenvalue weighted by Crippen LogP contribution is 2.34. The maximum absolute atomic E-state index is 13.1. The van der Waals surface area contributed by atoms with Gasteiger partial charge in [0, 0.05) is 20.1 Å². The summed E-state index contributed by atoms with van der Waals surface area (Å²) in [5, 5.41) is 7.79. The number of nitrogens with two attached hydrogens (primary N) is 1.